The van der Waals surface area contributed by atoms with Crippen molar-refractivity contribution in [2.75, 3.05) is 5.32 Å². The Labute approximate surface area is 216 Å². The quantitative estimate of drug-likeness (QED) is 0.264. The van der Waals surface area contributed by atoms with Gasteiger partial charge in [0.15, 0.2) is 5.82 Å². The zero-order valence-electron chi connectivity index (χ0n) is 20.7. The van der Waals surface area contributed by atoms with Crippen LogP contribution in [0.1, 0.15) is 20.3 Å². The van der Waals surface area contributed by atoms with Crippen molar-refractivity contribution >= 4 is 33.5 Å². The van der Waals surface area contributed by atoms with Crippen LogP contribution in [0.5, 0.6) is 0 Å². The lowest BCUT2D eigenvalue weighted by atomic mass is 10.0. The van der Waals surface area contributed by atoms with Crippen molar-refractivity contribution in [3.05, 3.63) is 73.2 Å². The molecule has 5 aromatic heterocycles. The summed E-state index contributed by atoms with van der Waals surface area (Å²) < 4.78 is 15.2. The summed E-state index contributed by atoms with van der Waals surface area (Å²) in [6, 6.07) is 10.6. The fourth-order valence-electron chi connectivity index (χ4n) is 4.44. The Hall–Kier alpha value is -4.99. The Bertz CT molecular complexity index is 1790. The van der Waals surface area contributed by atoms with Crippen molar-refractivity contribution in [2.24, 2.45) is 5.92 Å². The van der Waals surface area contributed by atoms with Gasteiger partial charge in [0, 0.05) is 47.7 Å². The highest BCUT2D eigenvalue weighted by molar-refractivity contribution is 5.98. The molecule has 188 valence electrons. The minimum atomic E-state index is -0.459. The average Bonchev–Trinajstić information content (AvgIpc) is 3.53. The molecule has 0 atom stereocenters. The number of carbonyl (C=O) groups excluding carboxylic acids is 1. The second-order valence-corrected chi connectivity index (χ2v) is 9.44. The number of aromatic amines is 2. The molecule has 0 saturated heterocycles. The van der Waals surface area contributed by atoms with Crippen molar-refractivity contribution in [1.29, 1.82) is 0 Å². The van der Waals surface area contributed by atoms with E-state index in [-0.39, 0.29) is 17.3 Å². The highest BCUT2D eigenvalue weighted by atomic mass is 19.1. The van der Waals surface area contributed by atoms with E-state index in [1.807, 2.05) is 38.1 Å². The molecule has 0 aliphatic carbocycles. The lowest BCUT2D eigenvalue weighted by Gasteiger charge is -2.09. The Morgan fingerprint density at radius 2 is 1.87 bits per heavy atom. The Kier molecular flexibility index (Phi) is 5.83. The number of anilines is 1. The van der Waals surface area contributed by atoms with E-state index in [1.54, 1.807) is 37.1 Å². The predicted octanol–water partition coefficient (Wildman–Crippen LogP) is 5.75. The first kappa shape index (κ1) is 23.4. The maximum absolute atomic E-state index is 15.2. The third-order valence-corrected chi connectivity index (χ3v) is 6.13. The van der Waals surface area contributed by atoms with Crippen LogP contribution in [-0.2, 0) is 4.79 Å². The highest BCUT2D eigenvalue weighted by Crippen LogP contribution is 2.34. The van der Waals surface area contributed by atoms with Crippen LogP contribution in [-0.4, -0.2) is 41.0 Å². The maximum atomic E-state index is 15.2. The van der Waals surface area contributed by atoms with E-state index in [0.717, 1.165) is 11.1 Å². The molecule has 0 bridgehead atoms. The number of halogens is 1. The fourth-order valence-corrected chi connectivity index (χ4v) is 4.44. The van der Waals surface area contributed by atoms with Crippen molar-refractivity contribution in [1.82, 2.24) is 35.1 Å². The molecular formula is C28H23FN8O. The molecule has 10 heteroatoms. The van der Waals surface area contributed by atoms with Gasteiger partial charge in [-0.2, -0.15) is 5.10 Å². The molecule has 5 heterocycles. The third kappa shape index (κ3) is 4.36. The minimum Gasteiger partial charge on any atom is -0.336 e. The van der Waals surface area contributed by atoms with E-state index in [4.69, 9.17) is 4.98 Å². The SMILES string of the molecule is CC(C)CC(=O)Nc1cncc(-c2cc(F)c3[nH]nc(-c4nc5c(-c6cccnc6)nccc5[nH]4)c3c2)c1. The van der Waals surface area contributed by atoms with Gasteiger partial charge in [0.25, 0.3) is 0 Å². The molecule has 0 spiro atoms. The van der Waals surface area contributed by atoms with Gasteiger partial charge in [0.2, 0.25) is 5.91 Å². The van der Waals surface area contributed by atoms with E-state index >= 15 is 4.39 Å². The first-order valence-corrected chi connectivity index (χ1v) is 12.1. The topological polar surface area (TPSA) is 125 Å². The first-order chi connectivity index (χ1) is 18.5. The molecule has 6 aromatic rings. The molecule has 6 rings (SSSR count). The number of aromatic nitrogens is 7. The van der Waals surface area contributed by atoms with E-state index in [2.05, 4.69) is 35.5 Å². The first-order valence-electron chi connectivity index (χ1n) is 12.1. The summed E-state index contributed by atoms with van der Waals surface area (Å²) >= 11 is 0. The summed E-state index contributed by atoms with van der Waals surface area (Å²) in [6.07, 6.45) is 8.74. The standard InChI is InChI=1S/C28H23FN8O/c1-15(2)8-23(38)33-19-9-18(13-31-14-19)17-10-20-25(21(29)11-17)36-37-26(20)28-34-22-5-7-32-24(27(22)35-28)16-4-3-6-30-12-16/h3-7,9-15H,8H2,1-2H3,(H,33,38)(H,34,35)(H,36,37). The largest absolute Gasteiger partial charge is 0.336 e. The number of nitrogens with one attached hydrogen (secondary N) is 3. The molecule has 0 aliphatic heterocycles. The van der Waals surface area contributed by atoms with Crippen molar-refractivity contribution in [3.63, 3.8) is 0 Å². The molecule has 1 aromatic carbocycles. The number of pyridine rings is 3. The van der Waals surface area contributed by atoms with Gasteiger partial charge in [-0.25, -0.2) is 9.37 Å². The van der Waals surface area contributed by atoms with Crippen LogP contribution in [0, 0.1) is 11.7 Å². The molecule has 38 heavy (non-hydrogen) atoms. The number of H-pyrrole nitrogens is 2. The van der Waals surface area contributed by atoms with Crippen LogP contribution < -0.4 is 5.32 Å². The summed E-state index contributed by atoms with van der Waals surface area (Å²) in [5.74, 6) is 0.160. The summed E-state index contributed by atoms with van der Waals surface area (Å²) in [5.41, 5.74) is 5.51. The summed E-state index contributed by atoms with van der Waals surface area (Å²) in [7, 11) is 0. The van der Waals surface area contributed by atoms with Gasteiger partial charge in [-0.3, -0.25) is 24.8 Å². The second-order valence-electron chi connectivity index (χ2n) is 9.44. The van der Waals surface area contributed by atoms with Gasteiger partial charge in [-0.1, -0.05) is 13.8 Å². The summed E-state index contributed by atoms with van der Waals surface area (Å²) in [5, 5.41) is 10.6. The van der Waals surface area contributed by atoms with E-state index in [9.17, 15) is 4.79 Å². The van der Waals surface area contributed by atoms with Crippen LogP contribution in [0.2, 0.25) is 0 Å². The second kappa shape index (κ2) is 9.47. The van der Waals surface area contributed by atoms with Crippen molar-refractivity contribution in [2.45, 2.75) is 20.3 Å². The number of hydrogen-bond acceptors (Lipinski definition) is 6. The lowest BCUT2D eigenvalue weighted by Crippen LogP contribution is -2.13. The Morgan fingerprint density at radius 3 is 2.68 bits per heavy atom. The van der Waals surface area contributed by atoms with E-state index in [0.29, 0.717) is 51.4 Å². The van der Waals surface area contributed by atoms with Gasteiger partial charge in [-0.05, 0) is 47.9 Å². The molecular weight excluding hydrogens is 483 g/mol. The van der Waals surface area contributed by atoms with Crippen LogP contribution in [0.3, 0.4) is 0 Å². The molecule has 0 unspecified atom stereocenters. The third-order valence-electron chi connectivity index (χ3n) is 6.13. The number of hydrogen-bond donors (Lipinski definition) is 3. The number of nitrogens with zero attached hydrogens (tertiary/aromatic N) is 5. The number of imidazole rings is 1. The normalized spacial score (nSPS) is 11.5. The molecule has 0 saturated carbocycles. The monoisotopic (exact) mass is 506 g/mol. The van der Waals surface area contributed by atoms with Gasteiger partial charge < -0.3 is 10.3 Å². The summed E-state index contributed by atoms with van der Waals surface area (Å²) in [6.45, 7) is 3.96. The zero-order valence-corrected chi connectivity index (χ0v) is 20.7. The van der Waals surface area contributed by atoms with Crippen LogP contribution in [0.25, 0.3) is 55.8 Å². The van der Waals surface area contributed by atoms with E-state index < -0.39 is 5.82 Å². The van der Waals surface area contributed by atoms with Gasteiger partial charge >= 0.3 is 0 Å². The molecule has 0 aliphatic rings. The smallest absolute Gasteiger partial charge is 0.224 e. The van der Waals surface area contributed by atoms with Crippen molar-refractivity contribution < 1.29 is 9.18 Å². The predicted molar refractivity (Wildman–Crippen MR) is 143 cm³/mol. The average molecular weight is 507 g/mol. The van der Waals surface area contributed by atoms with Crippen molar-refractivity contribution in [3.8, 4) is 33.9 Å². The highest BCUT2D eigenvalue weighted by Gasteiger charge is 2.19. The zero-order chi connectivity index (χ0) is 26.2. The molecule has 3 N–H and O–H groups in total. The minimum absolute atomic E-state index is 0.0947. The van der Waals surface area contributed by atoms with E-state index in [1.165, 1.54) is 6.07 Å². The van der Waals surface area contributed by atoms with Gasteiger partial charge in [0.05, 0.1) is 23.1 Å². The maximum Gasteiger partial charge on any atom is 0.224 e. The lowest BCUT2D eigenvalue weighted by molar-refractivity contribution is -0.116. The van der Waals surface area contributed by atoms with Crippen LogP contribution in [0.4, 0.5) is 10.1 Å². The molecule has 1 amide bonds. The molecule has 0 fully saturated rings. The number of amides is 1. The summed E-state index contributed by atoms with van der Waals surface area (Å²) in [4.78, 5) is 33.2. The fraction of sp³-hybridized carbons (Fsp3) is 0.143. The molecule has 9 nitrogen and oxygen atoms in total. The Morgan fingerprint density at radius 1 is 1.00 bits per heavy atom. The van der Waals surface area contributed by atoms with Crippen LogP contribution >= 0.6 is 0 Å². The number of carbonyl (C=O) groups is 1. The van der Waals surface area contributed by atoms with Gasteiger partial charge in [-0.15, -0.1) is 0 Å². The number of fused-ring (bicyclic) bond motifs is 2. The Balaban J connectivity index is 1.41. The number of rotatable bonds is 6. The van der Waals surface area contributed by atoms with Gasteiger partial charge in [0.1, 0.15) is 22.5 Å². The molecule has 0 radical (unpaired) electrons. The van der Waals surface area contributed by atoms with Crippen LogP contribution in [0.15, 0.2) is 67.4 Å². The number of benzene rings is 1.